The fourth-order valence-electron chi connectivity index (χ4n) is 3.50. The van der Waals surface area contributed by atoms with Crippen LogP contribution in [0.1, 0.15) is 31.4 Å². The summed E-state index contributed by atoms with van der Waals surface area (Å²) < 4.78 is 10.1. The molecule has 2 rings (SSSR count). The number of likely N-dealkylation sites (tertiary alicyclic amines) is 1. The number of nitrogens with one attached hydrogen (secondary N) is 1. The summed E-state index contributed by atoms with van der Waals surface area (Å²) in [6.45, 7) is 9.61. The van der Waals surface area contributed by atoms with E-state index in [1.54, 1.807) is 7.11 Å². The molecule has 5 heteroatoms. The van der Waals surface area contributed by atoms with Crippen LogP contribution in [0.2, 0.25) is 0 Å². The van der Waals surface area contributed by atoms with Crippen molar-refractivity contribution in [2.45, 2.75) is 33.4 Å². The van der Waals surface area contributed by atoms with Crippen molar-refractivity contribution >= 4 is 5.91 Å². The lowest BCUT2D eigenvalue weighted by Gasteiger charge is -2.35. The summed E-state index contributed by atoms with van der Waals surface area (Å²) in [7, 11) is 1.61. The molecule has 1 aliphatic rings. The first-order chi connectivity index (χ1) is 12.1. The van der Waals surface area contributed by atoms with Gasteiger partial charge in [-0.2, -0.15) is 0 Å². The number of piperidine rings is 1. The number of carbonyl (C=O) groups is 1. The minimum Gasteiger partial charge on any atom is -0.382 e. The Bertz CT molecular complexity index is 508. The standard InChI is InChI=1S/C20H32N2O3/c1-16-10-17(2)13-22(12-16)14-19-6-4-18(5-7-19)11-21-20(23)15-25-9-8-24-3/h4-7,16-17H,8-15H2,1-3H3,(H,21,23). The number of hydrogen-bond acceptors (Lipinski definition) is 4. The molecule has 1 aromatic rings. The number of rotatable bonds is 9. The van der Waals surface area contributed by atoms with Gasteiger partial charge in [0.1, 0.15) is 6.61 Å². The van der Waals surface area contributed by atoms with Crippen LogP contribution in [-0.4, -0.2) is 50.8 Å². The number of nitrogens with zero attached hydrogens (tertiary/aromatic N) is 1. The Morgan fingerprint density at radius 1 is 1.12 bits per heavy atom. The predicted molar refractivity (Wildman–Crippen MR) is 99.2 cm³/mol. The molecule has 1 aliphatic heterocycles. The predicted octanol–water partition coefficient (Wildman–Crippen LogP) is 2.44. The number of amides is 1. The van der Waals surface area contributed by atoms with Gasteiger partial charge in [-0.05, 0) is 29.4 Å². The van der Waals surface area contributed by atoms with Crippen LogP contribution in [0.4, 0.5) is 0 Å². The van der Waals surface area contributed by atoms with E-state index in [1.807, 2.05) is 0 Å². The molecule has 0 saturated carbocycles. The van der Waals surface area contributed by atoms with Gasteiger partial charge in [0.05, 0.1) is 13.2 Å². The monoisotopic (exact) mass is 348 g/mol. The molecule has 1 heterocycles. The minimum atomic E-state index is -0.100. The highest BCUT2D eigenvalue weighted by Crippen LogP contribution is 2.22. The third kappa shape index (κ3) is 7.55. The zero-order valence-electron chi connectivity index (χ0n) is 15.8. The van der Waals surface area contributed by atoms with Gasteiger partial charge in [0.25, 0.3) is 0 Å². The van der Waals surface area contributed by atoms with Crippen molar-refractivity contribution < 1.29 is 14.3 Å². The maximum absolute atomic E-state index is 11.7. The summed E-state index contributed by atoms with van der Waals surface area (Å²) >= 11 is 0. The Labute approximate surface area is 151 Å². The van der Waals surface area contributed by atoms with E-state index in [-0.39, 0.29) is 12.5 Å². The molecule has 140 valence electrons. The lowest BCUT2D eigenvalue weighted by Crippen LogP contribution is -2.38. The van der Waals surface area contributed by atoms with E-state index in [1.165, 1.54) is 25.1 Å². The van der Waals surface area contributed by atoms with E-state index in [9.17, 15) is 4.79 Å². The lowest BCUT2D eigenvalue weighted by atomic mass is 9.91. The molecule has 0 aromatic heterocycles. The van der Waals surface area contributed by atoms with E-state index in [0.717, 1.165) is 23.9 Å². The maximum atomic E-state index is 11.7. The molecule has 2 atom stereocenters. The second kappa shape index (κ2) is 10.5. The smallest absolute Gasteiger partial charge is 0.246 e. The molecule has 1 aromatic carbocycles. The van der Waals surface area contributed by atoms with Crippen molar-refractivity contribution in [3.05, 3.63) is 35.4 Å². The molecule has 0 bridgehead atoms. The van der Waals surface area contributed by atoms with Gasteiger partial charge in [0.2, 0.25) is 5.91 Å². The molecule has 5 nitrogen and oxygen atoms in total. The number of methoxy groups -OCH3 is 1. The van der Waals surface area contributed by atoms with E-state index >= 15 is 0 Å². The van der Waals surface area contributed by atoms with E-state index < -0.39 is 0 Å². The Balaban J connectivity index is 1.71. The van der Waals surface area contributed by atoms with E-state index in [2.05, 4.69) is 48.3 Å². The quantitative estimate of drug-likeness (QED) is 0.697. The topological polar surface area (TPSA) is 50.8 Å². The van der Waals surface area contributed by atoms with Crippen molar-refractivity contribution in [3.63, 3.8) is 0 Å². The normalized spacial score (nSPS) is 21.2. The third-order valence-corrected chi connectivity index (χ3v) is 4.53. The molecular formula is C20H32N2O3. The zero-order chi connectivity index (χ0) is 18.1. The minimum absolute atomic E-state index is 0.0762. The number of carbonyl (C=O) groups excluding carboxylic acids is 1. The molecule has 1 N–H and O–H groups in total. The van der Waals surface area contributed by atoms with Gasteiger partial charge in [-0.15, -0.1) is 0 Å². The molecule has 0 radical (unpaired) electrons. The summed E-state index contributed by atoms with van der Waals surface area (Å²) in [5, 5.41) is 2.87. The van der Waals surface area contributed by atoms with Crippen LogP contribution < -0.4 is 5.32 Å². The van der Waals surface area contributed by atoms with Gasteiger partial charge in [0.15, 0.2) is 0 Å². The van der Waals surface area contributed by atoms with Crippen molar-refractivity contribution in [2.24, 2.45) is 11.8 Å². The van der Waals surface area contributed by atoms with Gasteiger partial charge in [-0.1, -0.05) is 38.1 Å². The summed E-state index contributed by atoms with van der Waals surface area (Å²) in [6.07, 6.45) is 1.34. The largest absolute Gasteiger partial charge is 0.382 e. The van der Waals surface area contributed by atoms with Gasteiger partial charge in [0, 0.05) is 33.3 Å². The van der Waals surface area contributed by atoms with E-state index in [0.29, 0.717) is 19.8 Å². The molecule has 0 aliphatic carbocycles. The zero-order valence-corrected chi connectivity index (χ0v) is 15.8. The van der Waals surface area contributed by atoms with Crippen molar-refractivity contribution in [3.8, 4) is 0 Å². The Morgan fingerprint density at radius 2 is 1.76 bits per heavy atom. The number of hydrogen-bond donors (Lipinski definition) is 1. The number of ether oxygens (including phenoxy) is 2. The van der Waals surface area contributed by atoms with Crippen LogP contribution in [0.5, 0.6) is 0 Å². The Kier molecular flexibility index (Phi) is 8.38. The molecule has 1 amide bonds. The van der Waals surface area contributed by atoms with Crippen LogP contribution in [0.15, 0.2) is 24.3 Å². The maximum Gasteiger partial charge on any atom is 0.246 e. The summed E-state index contributed by atoms with van der Waals surface area (Å²) in [4.78, 5) is 14.2. The van der Waals surface area contributed by atoms with Crippen molar-refractivity contribution in [1.82, 2.24) is 10.2 Å². The fraction of sp³-hybridized carbons (Fsp3) is 0.650. The average Bonchev–Trinajstić information content (AvgIpc) is 2.57. The third-order valence-electron chi connectivity index (χ3n) is 4.53. The highest BCUT2D eigenvalue weighted by molar-refractivity contribution is 5.77. The molecule has 25 heavy (non-hydrogen) atoms. The van der Waals surface area contributed by atoms with Crippen LogP contribution in [0.25, 0.3) is 0 Å². The van der Waals surface area contributed by atoms with Gasteiger partial charge in [-0.3, -0.25) is 9.69 Å². The van der Waals surface area contributed by atoms with E-state index in [4.69, 9.17) is 9.47 Å². The van der Waals surface area contributed by atoms with Crippen molar-refractivity contribution in [2.75, 3.05) is 40.0 Å². The molecule has 2 unspecified atom stereocenters. The van der Waals surface area contributed by atoms with Gasteiger partial charge in [-0.25, -0.2) is 0 Å². The van der Waals surface area contributed by atoms with Gasteiger partial charge >= 0.3 is 0 Å². The summed E-state index contributed by atoms with van der Waals surface area (Å²) in [5.74, 6) is 1.46. The molecule has 1 saturated heterocycles. The van der Waals surface area contributed by atoms with Crippen LogP contribution >= 0.6 is 0 Å². The first kappa shape index (κ1) is 19.9. The Hall–Kier alpha value is -1.43. The number of benzene rings is 1. The summed E-state index contributed by atoms with van der Waals surface area (Å²) in [6, 6.07) is 8.53. The lowest BCUT2D eigenvalue weighted by molar-refractivity contribution is -0.126. The first-order valence-electron chi connectivity index (χ1n) is 9.20. The van der Waals surface area contributed by atoms with Crippen LogP contribution in [-0.2, 0) is 27.4 Å². The highest BCUT2D eigenvalue weighted by atomic mass is 16.5. The first-order valence-corrected chi connectivity index (χ1v) is 9.20. The van der Waals surface area contributed by atoms with Crippen LogP contribution in [0, 0.1) is 11.8 Å². The second-order valence-electron chi connectivity index (χ2n) is 7.28. The molecule has 1 fully saturated rings. The fourth-order valence-corrected chi connectivity index (χ4v) is 3.50. The Morgan fingerprint density at radius 3 is 2.40 bits per heavy atom. The molecular weight excluding hydrogens is 316 g/mol. The SMILES string of the molecule is COCCOCC(=O)NCc1ccc(CN2CC(C)CC(C)C2)cc1. The van der Waals surface area contributed by atoms with Crippen LogP contribution in [0.3, 0.4) is 0 Å². The summed E-state index contributed by atoms with van der Waals surface area (Å²) in [5.41, 5.74) is 2.44. The second-order valence-corrected chi connectivity index (χ2v) is 7.28. The molecule has 0 spiro atoms. The highest BCUT2D eigenvalue weighted by Gasteiger charge is 2.21. The van der Waals surface area contributed by atoms with Crippen molar-refractivity contribution in [1.29, 1.82) is 0 Å². The average molecular weight is 348 g/mol. The van der Waals surface area contributed by atoms with Gasteiger partial charge < -0.3 is 14.8 Å².